The monoisotopic (exact) mass is 641 g/mol. The number of rotatable bonds is 4. The number of nitrogens with zero attached hydrogens (tertiary/aromatic N) is 3. The molecular weight excluding hydrogens is 611 g/mol. The molecule has 0 saturated carbocycles. The van der Waals surface area contributed by atoms with Gasteiger partial charge in [-0.25, -0.2) is 0 Å². The van der Waals surface area contributed by atoms with Crippen molar-refractivity contribution in [3.05, 3.63) is 182 Å². The van der Waals surface area contributed by atoms with Crippen molar-refractivity contribution in [2.75, 3.05) is 4.72 Å². The zero-order chi connectivity index (χ0) is 32.3. The average Bonchev–Trinajstić information content (AvgIpc) is 3.51. The van der Waals surface area contributed by atoms with E-state index in [1.165, 1.54) is 65.7 Å². The number of benzene rings is 7. The third-order valence-electron chi connectivity index (χ3n) is 10.2. The van der Waals surface area contributed by atoms with Crippen LogP contribution < -0.4 is 15.6 Å². The van der Waals surface area contributed by atoms with E-state index < -0.39 is 0 Å². The van der Waals surface area contributed by atoms with Crippen LogP contribution in [-0.4, -0.2) is 28.5 Å². The molecule has 1 fully saturated rings. The molecule has 0 spiro atoms. The summed E-state index contributed by atoms with van der Waals surface area (Å²) in [5, 5.41) is 7.64. The van der Waals surface area contributed by atoms with Gasteiger partial charge in [-0.2, -0.15) is 11.5 Å². The lowest BCUT2D eigenvalue weighted by Crippen LogP contribution is -2.72. The lowest BCUT2D eigenvalue weighted by atomic mass is 9.51. The molecule has 7 heteroatoms. The van der Waals surface area contributed by atoms with Crippen molar-refractivity contribution in [3.8, 4) is 5.69 Å². The van der Waals surface area contributed by atoms with Gasteiger partial charge in [-0.3, -0.25) is 0 Å². The molecule has 3 nitrogen and oxygen atoms in total. The molecule has 7 aromatic carbocycles. The standard InChI is InChI=1S/C42H30B3N3S/c1-3-17-35-31(13-1)15-11-21-39(35)45-48(42-24-12-16-32-14-2-4-18-36(32)42)44(46-30-10-9-29-43(46)49-45)33-25-27-34(28-26-33)47-40-22-7-5-19-37(40)38-20-6-8-23-41(38)47/h1-30H. The van der Waals surface area contributed by atoms with Gasteiger partial charge >= 0.3 is 19.2 Å². The summed E-state index contributed by atoms with van der Waals surface area (Å²) in [5.41, 5.74) is 7.45. The van der Waals surface area contributed by atoms with Crippen molar-refractivity contribution < 1.29 is 0 Å². The van der Waals surface area contributed by atoms with E-state index in [0.717, 1.165) is 0 Å². The van der Waals surface area contributed by atoms with E-state index in [0.29, 0.717) is 0 Å². The van der Waals surface area contributed by atoms with Crippen LogP contribution in [0, 0.1) is 0 Å². The number of anilines is 1. The van der Waals surface area contributed by atoms with Crippen molar-refractivity contribution >= 4 is 90.7 Å². The smallest absolute Gasteiger partial charge is 0.386 e. The van der Waals surface area contributed by atoms with Gasteiger partial charge in [0.2, 0.25) is 0 Å². The summed E-state index contributed by atoms with van der Waals surface area (Å²) < 4.78 is 7.60. The summed E-state index contributed by atoms with van der Waals surface area (Å²) in [7, 11) is 0. The predicted molar refractivity (Wildman–Crippen MR) is 215 cm³/mol. The van der Waals surface area contributed by atoms with Gasteiger partial charge in [-0.1, -0.05) is 139 Å². The van der Waals surface area contributed by atoms with Gasteiger partial charge in [0.25, 0.3) is 0 Å². The molecule has 2 aliphatic rings. The van der Waals surface area contributed by atoms with Gasteiger partial charge in [0, 0.05) is 27.5 Å². The SMILES string of the molecule is C1=CB2SB(c3cccc4ccccc34)N(c3cccc4ccccc34)B(c3ccc(-n4c5ccccc5c5ccccc54)cc3)N2C=C1. The first kappa shape index (κ1) is 28.5. The minimum Gasteiger partial charge on any atom is -0.433 e. The summed E-state index contributed by atoms with van der Waals surface area (Å²) in [6, 6.07) is 57.9. The van der Waals surface area contributed by atoms with Gasteiger partial charge in [0.05, 0.1) is 11.0 Å². The maximum Gasteiger partial charge on any atom is 0.386 e. The van der Waals surface area contributed by atoms with E-state index in [2.05, 4.69) is 196 Å². The second-order valence-corrected chi connectivity index (χ2v) is 14.1. The van der Waals surface area contributed by atoms with E-state index in [1.54, 1.807) is 0 Å². The van der Waals surface area contributed by atoms with Gasteiger partial charge < -0.3 is 14.0 Å². The van der Waals surface area contributed by atoms with Crippen molar-refractivity contribution in [2.24, 2.45) is 0 Å². The van der Waals surface area contributed by atoms with Crippen molar-refractivity contribution in [1.29, 1.82) is 0 Å². The quantitative estimate of drug-likeness (QED) is 0.178. The van der Waals surface area contributed by atoms with E-state index in [-0.39, 0.29) is 19.2 Å². The Morgan fingerprint density at radius 3 is 1.82 bits per heavy atom. The molecule has 0 aliphatic carbocycles. The summed E-state index contributed by atoms with van der Waals surface area (Å²) in [6.45, 7) is -0.0468. The minimum absolute atomic E-state index is 0.0468. The lowest BCUT2D eigenvalue weighted by molar-refractivity contribution is 0.904. The van der Waals surface area contributed by atoms with Gasteiger partial charge in [0.15, 0.2) is 0 Å². The Hall–Kier alpha value is -5.52. The Labute approximate surface area is 291 Å². The van der Waals surface area contributed by atoms with E-state index in [1.807, 2.05) is 11.5 Å². The van der Waals surface area contributed by atoms with Crippen molar-refractivity contribution in [3.63, 3.8) is 0 Å². The molecular formula is C42H30B3N3S. The van der Waals surface area contributed by atoms with Gasteiger partial charge in [0.1, 0.15) is 0 Å². The normalized spacial score (nSPS) is 14.5. The molecule has 3 heterocycles. The van der Waals surface area contributed by atoms with Crippen LogP contribution in [0.4, 0.5) is 5.69 Å². The first-order valence-corrected chi connectivity index (χ1v) is 17.9. The van der Waals surface area contributed by atoms with Crippen LogP contribution in [0.2, 0.25) is 0 Å². The van der Waals surface area contributed by atoms with Crippen molar-refractivity contribution in [2.45, 2.75) is 0 Å². The summed E-state index contributed by atoms with van der Waals surface area (Å²) in [6.07, 6.45) is 6.90. The molecule has 2 aliphatic heterocycles. The number of hydrogen-bond acceptors (Lipinski definition) is 3. The van der Waals surface area contributed by atoms with E-state index in [9.17, 15) is 0 Å². The molecule has 0 atom stereocenters. The van der Waals surface area contributed by atoms with Crippen LogP contribution in [0.25, 0.3) is 49.0 Å². The fourth-order valence-corrected chi connectivity index (χ4v) is 9.49. The van der Waals surface area contributed by atoms with Gasteiger partial charge in [-0.15, -0.1) is 0 Å². The Bertz CT molecular complexity index is 2530. The van der Waals surface area contributed by atoms with Crippen LogP contribution in [0.5, 0.6) is 0 Å². The fourth-order valence-electron chi connectivity index (χ4n) is 8.01. The molecule has 0 unspecified atom stereocenters. The van der Waals surface area contributed by atoms with Crippen LogP contribution in [0.15, 0.2) is 182 Å². The number of allylic oxidation sites excluding steroid dienone is 2. The predicted octanol–water partition coefficient (Wildman–Crippen LogP) is 8.85. The maximum atomic E-state index is 2.67. The molecule has 1 aromatic heterocycles. The van der Waals surface area contributed by atoms with Crippen LogP contribution in [0.1, 0.15) is 0 Å². The molecule has 228 valence electrons. The number of fused-ring (bicyclic) bond motifs is 6. The molecule has 0 bridgehead atoms. The zero-order valence-corrected chi connectivity index (χ0v) is 27.6. The highest BCUT2D eigenvalue weighted by molar-refractivity contribution is 8.47. The summed E-state index contributed by atoms with van der Waals surface area (Å²) in [5.74, 6) is 2.35. The molecule has 49 heavy (non-hydrogen) atoms. The highest BCUT2D eigenvalue weighted by Gasteiger charge is 2.49. The molecule has 8 aromatic rings. The van der Waals surface area contributed by atoms with Gasteiger partial charge in [-0.05, 0) is 69.7 Å². The average molecular weight is 641 g/mol. The molecule has 1 saturated heterocycles. The number of para-hydroxylation sites is 2. The molecule has 10 rings (SSSR count). The van der Waals surface area contributed by atoms with Crippen LogP contribution in [-0.2, 0) is 0 Å². The number of aromatic nitrogens is 1. The third kappa shape index (κ3) is 4.57. The molecule has 0 radical (unpaired) electrons. The third-order valence-corrected chi connectivity index (χ3v) is 11.6. The lowest BCUT2D eigenvalue weighted by Gasteiger charge is -2.49. The van der Waals surface area contributed by atoms with E-state index >= 15 is 0 Å². The first-order valence-electron chi connectivity index (χ1n) is 16.9. The Morgan fingerprint density at radius 2 is 1.08 bits per heavy atom. The Kier molecular flexibility index (Phi) is 6.73. The van der Waals surface area contributed by atoms with Crippen molar-refractivity contribution in [1.82, 2.24) is 9.29 Å². The Morgan fingerprint density at radius 1 is 0.490 bits per heavy atom. The zero-order valence-electron chi connectivity index (χ0n) is 26.8. The maximum absolute atomic E-state index is 2.67. The largest absolute Gasteiger partial charge is 0.433 e. The van der Waals surface area contributed by atoms with E-state index in [4.69, 9.17) is 0 Å². The highest BCUT2D eigenvalue weighted by Crippen LogP contribution is 2.38. The van der Waals surface area contributed by atoms with Crippen LogP contribution in [0.3, 0.4) is 0 Å². The highest BCUT2D eigenvalue weighted by atomic mass is 32.2. The fraction of sp³-hybridized carbons (Fsp3) is 0. The Balaban J connectivity index is 1.19. The summed E-state index contributed by atoms with van der Waals surface area (Å²) >= 11 is 2.01. The van der Waals surface area contributed by atoms with Crippen LogP contribution >= 0.6 is 11.5 Å². The summed E-state index contributed by atoms with van der Waals surface area (Å²) in [4.78, 5) is 0. The molecule has 0 amide bonds. The topological polar surface area (TPSA) is 11.4 Å². The number of hydrogen-bond donors (Lipinski definition) is 0. The minimum atomic E-state index is -0.0468. The second-order valence-electron chi connectivity index (χ2n) is 12.9. The first-order chi connectivity index (χ1) is 24.3. The second kappa shape index (κ2) is 11.6. The molecule has 0 N–H and O–H groups in total.